The maximum Gasteiger partial charge on any atom is 0.138 e. The minimum absolute atomic E-state index is 0.847. The molecular weight excluding hydrogens is 516 g/mol. The molecule has 0 saturated heterocycles. The van der Waals surface area contributed by atoms with Gasteiger partial charge in [-0.25, -0.2) is 0 Å². The van der Waals surface area contributed by atoms with Crippen LogP contribution in [0.15, 0.2) is 133 Å². The fraction of sp³-hybridized carbons (Fsp3) is 0. The molecule has 5 aromatic heterocycles. The summed E-state index contributed by atoms with van der Waals surface area (Å²) in [6.45, 7) is 0. The molecule has 4 aromatic carbocycles. The van der Waals surface area contributed by atoms with Gasteiger partial charge in [0.25, 0.3) is 0 Å². The van der Waals surface area contributed by atoms with Crippen molar-refractivity contribution >= 4 is 77.6 Å². The van der Waals surface area contributed by atoms with Gasteiger partial charge in [-0.1, -0.05) is 23.9 Å². The van der Waals surface area contributed by atoms with E-state index in [2.05, 4.69) is 70.6 Å². The Labute approximate surface area is 231 Å². The van der Waals surface area contributed by atoms with E-state index in [0.29, 0.717) is 0 Å². The number of fused-ring (bicyclic) bond motifs is 9. The standard InChI is InChI=1S/C34H18N2O3S/c1-5-29-23(13-19(1)20-2-6-30-24(14-20)27-17-35-11-9-33(27)38-30)25-15-21(3-7-31(25)37-29)40-22-4-8-32-26(16-22)28-18-36-12-10-34(28)39-32/h1-18H. The van der Waals surface area contributed by atoms with E-state index in [1.54, 1.807) is 24.2 Å². The van der Waals surface area contributed by atoms with Gasteiger partial charge in [0.15, 0.2) is 0 Å². The quantitative estimate of drug-likeness (QED) is 0.225. The third kappa shape index (κ3) is 3.30. The molecule has 5 heterocycles. The van der Waals surface area contributed by atoms with Gasteiger partial charge >= 0.3 is 0 Å². The van der Waals surface area contributed by atoms with Crippen molar-refractivity contribution in [2.24, 2.45) is 0 Å². The van der Waals surface area contributed by atoms with Crippen molar-refractivity contribution in [2.45, 2.75) is 9.79 Å². The summed E-state index contributed by atoms with van der Waals surface area (Å²) < 4.78 is 18.2. The van der Waals surface area contributed by atoms with Gasteiger partial charge < -0.3 is 13.3 Å². The van der Waals surface area contributed by atoms with Crippen LogP contribution in [0, 0.1) is 0 Å². The molecule has 9 aromatic rings. The number of hydrogen-bond acceptors (Lipinski definition) is 6. The van der Waals surface area contributed by atoms with E-state index in [1.165, 1.54) is 0 Å². The van der Waals surface area contributed by atoms with Crippen molar-refractivity contribution in [1.82, 2.24) is 9.97 Å². The van der Waals surface area contributed by atoms with E-state index in [0.717, 1.165) is 86.7 Å². The second-order valence-corrected chi connectivity index (χ2v) is 11.0. The molecule has 0 amide bonds. The van der Waals surface area contributed by atoms with Gasteiger partial charge in [-0.05, 0) is 83.9 Å². The molecule has 0 N–H and O–H groups in total. The third-order valence-corrected chi connectivity index (χ3v) is 8.50. The van der Waals surface area contributed by atoms with E-state index < -0.39 is 0 Å². The minimum atomic E-state index is 0.847. The molecule has 0 saturated carbocycles. The molecule has 0 radical (unpaired) electrons. The first-order valence-corrected chi connectivity index (χ1v) is 13.8. The Hall–Kier alpha value is -5.07. The van der Waals surface area contributed by atoms with E-state index in [-0.39, 0.29) is 0 Å². The molecule has 0 spiro atoms. The number of nitrogens with zero attached hydrogens (tertiary/aromatic N) is 2. The van der Waals surface area contributed by atoms with Gasteiger partial charge in [-0.3, -0.25) is 9.97 Å². The zero-order valence-corrected chi connectivity index (χ0v) is 21.7. The Morgan fingerprint density at radius 1 is 0.400 bits per heavy atom. The average Bonchev–Trinajstić information content (AvgIpc) is 3.67. The highest BCUT2D eigenvalue weighted by Crippen LogP contribution is 2.39. The maximum atomic E-state index is 6.21. The van der Waals surface area contributed by atoms with Crippen molar-refractivity contribution in [3.63, 3.8) is 0 Å². The smallest absolute Gasteiger partial charge is 0.138 e. The molecule has 40 heavy (non-hydrogen) atoms. The second-order valence-electron chi connectivity index (χ2n) is 9.89. The molecule has 0 aliphatic carbocycles. The molecule has 188 valence electrons. The fourth-order valence-corrected chi connectivity index (χ4v) is 6.50. The van der Waals surface area contributed by atoms with Gasteiger partial charge in [0.1, 0.15) is 33.5 Å². The highest BCUT2D eigenvalue weighted by atomic mass is 32.2. The largest absolute Gasteiger partial charge is 0.456 e. The highest BCUT2D eigenvalue weighted by molar-refractivity contribution is 7.99. The highest BCUT2D eigenvalue weighted by Gasteiger charge is 2.13. The number of benzene rings is 4. The maximum absolute atomic E-state index is 6.21. The van der Waals surface area contributed by atoms with Crippen LogP contribution in [0.25, 0.3) is 76.9 Å². The van der Waals surface area contributed by atoms with Crippen LogP contribution in [0.5, 0.6) is 0 Å². The lowest BCUT2D eigenvalue weighted by molar-refractivity contribution is 0.668. The Bertz CT molecular complexity index is 2430. The topological polar surface area (TPSA) is 65.2 Å². The molecule has 0 atom stereocenters. The predicted molar refractivity (Wildman–Crippen MR) is 160 cm³/mol. The van der Waals surface area contributed by atoms with E-state index >= 15 is 0 Å². The van der Waals surface area contributed by atoms with Crippen LogP contribution in [0.4, 0.5) is 0 Å². The molecule has 0 aliphatic heterocycles. The summed E-state index contributed by atoms with van der Waals surface area (Å²) in [5, 5.41) is 6.38. The molecular formula is C34H18N2O3S. The SMILES string of the molecule is c1cc2oc3ccc(Sc4ccc5oc6ccc(-c7ccc8oc9ccncc9c8c7)cc6c5c4)cc3c2cn1. The molecule has 0 fully saturated rings. The first-order chi connectivity index (χ1) is 19.8. The summed E-state index contributed by atoms with van der Waals surface area (Å²) in [6, 6.07) is 29.2. The van der Waals surface area contributed by atoms with E-state index in [9.17, 15) is 0 Å². The predicted octanol–water partition coefficient (Wildman–Crippen LogP) is 9.99. The van der Waals surface area contributed by atoms with Crippen LogP contribution in [0.1, 0.15) is 0 Å². The normalized spacial score (nSPS) is 12.1. The summed E-state index contributed by atoms with van der Waals surface area (Å²) in [4.78, 5) is 10.8. The number of pyridine rings is 2. The molecule has 0 bridgehead atoms. The van der Waals surface area contributed by atoms with Crippen molar-refractivity contribution in [2.75, 3.05) is 0 Å². The van der Waals surface area contributed by atoms with Crippen LogP contribution < -0.4 is 0 Å². The third-order valence-electron chi connectivity index (χ3n) is 7.52. The molecule has 6 heteroatoms. The van der Waals surface area contributed by atoms with Gasteiger partial charge in [0.2, 0.25) is 0 Å². The molecule has 9 rings (SSSR count). The summed E-state index contributed by atoms with van der Waals surface area (Å²) in [5.41, 5.74) is 7.43. The zero-order valence-electron chi connectivity index (χ0n) is 20.9. The fourth-order valence-electron chi connectivity index (χ4n) is 5.60. The summed E-state index contributed by atoms with van der Waals surface area (Å²) in [5.74, 6) is 0. The number of rotatable bonds is 3. The van der Waals surface area contributed by atoms with Gasteiger partial charge in [0, 0.05) is 66.9 Å². The van der Waals surface area contributed by atoms with Gasteiger partial charge in [-0.2, -0.15) is 0 Å². The summed E-state index contributed by atoms with van der Waals surface area (Å²) >= 11 is 1.73. The van der Waals surface area contributed by atoms with Gasteiger partial charge in [-0.15, -0.1) is 0 Å². The summed E-state index contributed by atoms with van der Waals surface area (Å²) in [7, 11) is 0. The molecule has 0 unspecified atom stereocenters. The van der Waals surface area contributed by atoms with Crippen LogP contribution in [0.3, 0.4) is 0 Å². The van der Waals surface area contributed by atoms with Crippen LogP contribution in [-0.2, 0) is 0 Å². The molecule has 0 aliphatic rings. The van der Waals surface area contributed by atoms with Crippen LogP contribution >= 0.6 is 11.8 Å². The van der Waals surface area contributed by atoms with Gasteiger partial charge in [0.05, 0.1) is 0 Å². The van der Waals surface area contributed by atoms with Crippen molar-refractivity contribution in [3.05, 3.63) is 110 Å². The van der Waals surface area contributed by atoms with E-state index in [4.69, 9.17) is 13.3 Å². The lowest BCUT2D eigenvalue weighted by Crippen LogP contribution is -1.79. The van der Waals surface area contributed by atoms with Crippen molar-refractivity contribution in [3.8, 4) is 11.1 Å². The molecule has 5 nitrogen and oxygen atoms in total. The van der Waals surface area contributed by atoms with Crippen LogP contribution in [0.2, 0.25) is 0 Å². The summed E-state index contributed by atoms with van der Waals surface area (Å²) in [6.07, 6.45) is 7.23. The minimum Gasteiger partial charge on any atom is -0.456 e. The Morgan fingerprint density at radius 3 is 1.32 bits per heavy atom. The Kier molecular flexibility index (Phi) is 4.48. The lowest BCUT2D eigenvalue weighted by atomic mass is 10.0. The number of furan rings is 3. The number of aromatic nitrogens is 2. The monoisotopic (exact) mass is 534 g/mol. The second kappa shape index (κ2) is 8.21. The van der Waals surface area contributed by atoms with Crippen LogP contribution in [-0.4, -0.2) is 9.97 Å². The lowest BCUT2D eigenvalue weighted by Gasteiger charge is -2.04. The Balaban J connectivity index is 1.13. The average molecular weight is 535 g/mol. The van der Waals surface area contributed by atoms with E-state index in [1.807, 2.05) is 36.7 Å². The zero-order chi connectivity index (χ0) is 26.2. The van der Waals surface area contributed by atoms with Crippen molar-refractivity contribution in [1.29, 1.82) is 0 Å². The first-order valence-electron chi connectivity index (χ1n) is 12.9. The van der Waals surface area contributed by atoms with Crippen molar-refractivity contribution < 1.29 is 13.3 Å². The number of hydrogen-bond donors (Lipinski definition) is 0. The first kappa shape index (κ1) is 21.8. The Morgan fingerprint density at radius 2 is 0.800 bits per heavy atom.